The van der Waals surface area contributed by atoms with Gasteiger partial charge in [-0.15, -0.1) is 0 Å². The van der Waals surface area contributed by atoms with E-state index in [-0.39, 0.29) is 5.56 Å². The van der Waals surface area contributed by atoms with Crippen molar-refractivity contribution in [2.24, 2.45) is 0 Å². The summed E-state index contributed by atoms with van der Waals surface area (Å²) in [6, 6.07) is 4.22. The third-order valence-electron chi connectivity index (χ3n) is 3.91. The molecular formula is C15H20N2OS. The molecule has 1 aromatic carbocycles. The predicted molar refractivity (Wildman–Crippen MR) is 81.2 cm³/mol. The zero-order chi connectivity index (χ0) is 13.4. The van der Waals surface area contributed by atoms with Crippen molar-refractivity contribution < 1.29 is 0 Å². The van der Waals surface area contributed by atoms with E-state index >= 15 is 0 Å². The molecule has 1 fully saturated rings. The third-order valence-corrected chi connectivity index (χ3v) is 5.00. The van der Waals surface area contributed by atoms with Crippen LogP contribution in [0.5, 0.6) is 0 Å². The Balaban J connectivity index is 1.89. The van der Waals surface area contributed by atoms with Gasteiger partial charge in [-0.2, -0.15) is 0 Å². The molecule has 2 heterocycles. The Morgan fingerprint density at radius 1 is 1.16 bits per heavy atom. The number of aromatic nitrogens is 1. The molecule has 0 spiro atoms. The maximum absolute atomic E-state index is 12.4. The number of nitrogens with zero attached hydrogens (tertiary/aromatic N) is 2. The Morgan fingerprint density at radius 3 is 2.63 bits per heavy atom. The van der Waals surface area contributed by atoms with Gasteiger partial charge in [0.2, 0.25) is 0 Å². The minimum atomic E-state index is 0.191. The first-order valence-corrected chi connectivity index (χ1v) is 7.76. The van der Waals surface area contributed by atoms with Gasteiger partial charge >= 0.3 is 0 Å². The van der Waals surface area contributed by atoms with Crippen LogP contribution in [0.25, 0.3) is 10.1 Å². The lowest BCUT2D eigenvalue weighted by Crippen LogP contribution is -2.26. The fourth-order valence-corrected chi connectivity index (χ4v) is 4.11. The lowest BCUT2D eigenvalue weighted by Gasteiger charge is -2.13. The van der Waals surface area contributed by atoms with Crippen molar-refractivity contribution in [3.63, 3.8) is 0 Å². The molecule has 1 saturated heterocycles. The lowest BCUT2D eigenvalue weighted by molar-refractivity contribution is 0.326. The summed E-state index contributed by atoms with van der Waals surface area (Å²) >= 11 is 1.61. The first-order chi connectivity index (χ1) is 9.15. The second kappa shape index (κ2) is 5.10. The molecule has 0 saturated carbocycles. The smallest absolute Gasteiger partial charge is 0.268 e. The molecule has 0 radical (unpaired) electrons. The summed E-state index contributed by atoms with van der Waals surface area (Å²) in [6.07, 6.45) is 2.61. The molecule has 4 heteroatoms. The van der Waals surface area contributed by atoms with Gasteiger partial charge in [0, 0.05) is 13.1 Å². The summed E-state index contributed by atoms with van der Waals surface area (Å²) in [5.74, 6) is 0. The molecule has 0 bridgehead atoms. The highest BCUT2D eigenvalue weighted by atomic mass is 32.1. The van der Waals surface area contributed by atoms with Crippen LogP contribution in [-0.4, -0.2) is 28.5 Å². The van der Waals surface area contributed by atoms with Crippen LogP contribution in [0.4, 0.5) is 0 Å². The zero-order valence-electron chi connectivity index (χ0n) is 11.6. The van der Waals surface area contributed by atoms with Crippen molar-refractivity contribution in [3.05, 3.63) is 33.6 Å². The van der Waals surface area contributed by atoms with Gasteiger partial charge in [-0.3, -0.25) is 8.75 Å². The number of hydrogen-bond acceptors (Lipinski definition) is 3. The third kappa shape index (κ3) is 2.47. The molecule has 102 valence electrons. The van der Waals surface area contributed by atoms with Gasteiger partial charge in [-0.25, -0.2) is 0 Å². The summed E-state index contributed by atoms with van der Waals surface area (Å²) in [6.45, 7) is 8.34. The van der Waals surface area contributed by atoms with Crippen LogP contribution in [0.15, 0.2) is 16.9 Å². The standard InChI is InChI=1S/C15H20N2OS/c1-11-9-12(2)14-13(10-11)19-17(15(14)18)8-7-16-5-3-4-6-16/h9-10H,3-8H2,1-2H3. The number of aryl methyl sites for hydroxylation is 2. The molecule has 3 rings (SSSR count). The summed E-state index contributed by atoms with van der Waals surface area (Å²) < 4.78 is 3.05. The number of hydrogen-bond donors (Lipinski definition) is 0. The maximum atomic E-state index is 12.4. The first-order valence-electron chi connectivity index (χ1n) is 6.98. The Morgan fingerprint density at radius 2 is 1.89 bits per heavy atom. The van der Waals surface area contributed by atoms with E-state index in [0.29, 0.717) is 0 Å². The summed E-state index contributed by atoms with van der Waals surface area (Å²) in [7, 11) is 0. The van der Waals surface area contributed by atoms with E-state index in [1.807, 2.05) is 10.9 Å². The van der Waals surface area contributed by atoms with E-state index < -0.39 is 0 Å². The topological polar surface area (TPSA) is 25.2 Å². The molecule has 1 aliphatic heterocycles. The van der Waals surface area contributed by atoms with E-state index in [4.69, 9.17) is 0 Å². The van der Waals surface area contributed by atoms with Gasteiger partial charge in [-0.05, 0) is 57.0 Å². The van der Waals surface area contributed by atoms with Gasteiger partial charge < -0.3 is 4.90 Å². The van der Waals surface area contributed by atoms with Gasteiger partial charge in [-0.1, -0.05) is 17.6 Å². The van der Waals surface area contributed by atoms with Crippen LogP contribution in [0.2, 0.25) is 0 Å². The van der Waals surface area contributed by atoms with Gasteiger partial charge in [0.05, 0.1) is 10.1 Å². The Kier molecular flexibility index (Phi) is 3.46. The highest BCUT2D eigenvalue weighted by molar-refractivity contribution is 7.13. The fraction of sp³-hybridized carbons (Fsp3) is 0.533. The van der Waals surface area contributed by atoms with Crippen LogP contribution in [0, 0.1) is 13.8 Å². The quantitative estimate of drug-likeness (QED) is 0.861. The SMILES string of the molecule is Cc1cc(C)c2c(=O)n(CCN3CCCC3)sc2c1. The van der Waals surface area contributed by atoms with Crippen molar-refractivity contribution in [2.45, 2.75) is 33.2 Å². The largest absolute Gasteiger partial charge is 0.302 e. The molecule has 0 aliphatic carbocycles. The molecule has 19 heavy (non-hydrogen) atoms. The molecule has 1 aromatic heterocycles. The van der Waals surface area contributed by atoms with Gasteiger partial charge in [0.25, 0.3) is 5.56 Å². The predicted octanol–water partition coefficient (Wildman–Crippen LogP) is 2.78. The highest BCUT2D eigenvalue weighted by Crippen LogP contribution is 2.22. The molecule has 0 amide bonds. The second-order valence-electron chi connectivity index (χ2n) is 5.50. The van der Waals surface area contributed by atoms with E-state index in [1.54, 1.807) is 11.5 Å². The van der Waals surface area contributed by atoms with Crippen molar-refractivity contribution in [1.82, 2.24) is 8.86 Å². The van der Waals surface area contributed by atoms with Crippen molar-refractivity contribution in [3.8, 4) is 0 Å². The van der Waals surface area contributed by atoms with Gasteiger partial charge in [0.15, 0.2) is 0 Å². The van der Waals surface area contributed by atoms with Crippen LogP contribution < -0.4 is 5.56 Å². The number of rotatable bonds is 3. The Hall–Kier alpha value is -1.13. The highest BCUT2D eigenvalue weighted by Gasteiger charge is 2.14. The van der Waals surface area contributed by atoms with Crippen LogP contribution in [-0.2, 0) is 6.54 Å². The minimum absolute atomic E-state index is 0.191. The molecule has 3 nitrogen and oxygen atoms in total. The molecule has 0 unspecified atom stereocenters. The number of benzene rings is 1. The number of likely N-dealkylation sites (tertiary alicyclic amines) is 1. The summed E-state index contributed by atoms with van der Waals surface area (Å²) in [5.41, 5.74) is 2.53. The van der Waals surface area contributed by atoms with Crippen LogP contribution >= 0.6 is 11.5 Å². The molecular weight excluding hydrogens is 256 g/mol. The first kappa shape index (κ1) is 12.9. The molecule has 2 aromatic rings. The van der Waals surface area contributed by atoms with E-state index in [9.17, 15) is 4.79 Å². The maximum Gasteiger partial charge on any atom is 0.268 e. The monoisotopic (exact) mass is 276 g/mol. The van der Waals surface area contributed by atoms with E-state index in [1.165, 1.54) is 31.5 Å². The van der Waals surface area contributed by atoms with E-state index in [2.05, 4.69) is 24.0 Å². The second-order valence-corrected chi connectivity index (χ2v) is 6.57. The minimum Gasteiger partial charge on any atom is -0.302 e. The van der Waals surface area contributed by atoms with Crippen LogP contribution in [0.1, 0.15) is 24.0 Å². The Labute approximate surface area is 117 Å². The van der Waals surface area contributed by atoms with Crippen LogP contribution in [0.3, 0.4) is 0 Å². The van der Waals surface area contributed by atoms with Gasteiger partial charge in [0.1, 0.15) is 0 Å². The molecule has 1 aliphatic rings. The van der Waals surface area contributed by atoms with Crippen molar-refractivity contribution in [2.75, 3.05) is 19.6 Å². The average Bonchev–Trinajstić information content (AvgIpc) is 2.95. The fourth-order valence-electron chi connectivity index (χ4n) is 2.95. The van der Waals surface area contributed by atoms with Crippen molar-refractivity contribution >= 4 is 21.6 Å². The molecule has 0 N–H and O–H groups in total. The zero-order valence-corrected chi connectivity index (χ0v) is 12.4. The van der Waals surface area contributed by atoms with Crippen molar-refractivity contribution in [1.29, 1.82) is 0 Å². The summed E-state index contributed by atoms with van der Waals surface area (Å²) in [4.78, 5) is 14.9. The lowest BCUT2D eigenvalue weighted by atomic mass is 10.1. The normalized spacial score (nSPS) is 16.5. The number of fused-ring (bicyclic) bond motifs is 1. The van der Waals surface area contributed by atoms with E-state index in [0.717, 1.165) is 28.7 Å². The summed E-state index contributed by atoms with van der Waals surface area (Å²) in [5, 5.41) is 0.914. The average molecular weight is 276 g/mol. The Bertz CT molecular complexity index is 650. The molecule has 0 atom stereocenters.